The van der Waals surface area contributed by atoms with E-state index in [0.29, 0.717) is 12.8 Å². The van der Waals surface area contributed by atoms with Crippen LogP contribution < -0.4 is 5.32 Å². The Morgan fingerprint density at radius 3 is 2.88 bits per heavy atom. The first-order valence-corrected chi connectivity index (χ1v) is 6.05. The number of halogens is 1. The summed E-state index contributed by atoms with van der Waals surface area (Å²) in [6, 6.07) is 7.35. The predicted octanol–water partition coefficient (Wildman–Crippen LogP) is 2.76. The first-order valence-electron chi connectivity index (χ1n) is 5.26. The SMILES string of the molecule is O=C1CCCC1C(=O)Nc1cccc(Br)c1. The number of carbonyl (C=O) groups excluding carboxylic acids is 2. The average molecular weight is 282 g/mol. The fourth-order valence-corrected chi connectivity index (χ4v) is 2.29. The second kappa shape index (κ2) is 4.78. The molecule has 1 amide bonds. The van der Waals surface area contributed by atoms with Crippen LogP contribution in [0.2, 0.25) is 0 Å². The lowest BCUT2D eigenvalue weighted by atomic mass is 10.1. The number of carbonyl (C=O) groups is 2. The lowest BCUT2D eigenvalue weighted by Crippen LogP contribution is -2.25. The molecule has 1 N–H and O–H groups in total. The summed E-state index contributed by atoms with van der Waals surface area (Å²) in [6.45, 7) is 0. The van der Waals surface area contributed by atoms with Crippen LogP contribution in [-0.4, -0.2) is 11.7 Å². The highest BCUT2D eigenvalue weighted by Crippen LogP contribution is 2.23. The quantitative estimate of drug-likeness (QED) is 0.848. The van der Waals surface area contributed by atoms with Gasteiger partial charge in [-0.05, 0) is 31.0 Å². The Labute approximate surface area is 102 Å². The lowest BCUT2D eigenvalue weighted by molar-refractivity contribution is -0.129. The zero-order chi connectivity index (χ0) is 11.5. The molecule has 0 bridgehead atoms. The molecule has 1 aliphatic rings. The molecule has 84 valence electrons. The molecule has 1 aromatic carbocycles. The fraction of sp³-hybridized carbons (Fsp3) is 0.333. The Morgan fingerprint density at radius 1 is 1.44 bits per heavy atom. The molecule has 1 aromatic rings. The summed E-state index contributed by atoms with van der Waals surface area (Å²) in [5.74, 6) is -0.563. The molecule has 2 rings (SSSR count). The van der Waals surface area contributed by atoms with Crippen LogP contribution in [0.1, 0.15) is 19.3 Å². The molecule has 0 aromatic heterocycles. The molecule has 0 spiro atoms. The molecule has 0 radical (unpaired) electrons. The van der Waals surface area contributed by atoms with Crippen molar-refractivity contribution < 1.29 is 9.59 Å². The Kier molecular flexibility index (Phi) is 3.39. The minimum absolute atomic E-state index is 0.0625. The Bertz CT molecular complexity index is 431. The molecule has 16 heavy (non-hydrogen) atoms. The standard InChI is InChI=1S/C12H12BrNO2/c13-8-3-1-4-9(7-8)14-12(16)10-5-2-6-11(10)15/h1,3-4,7,10H,2,5-6H2,(H,14,16). The van der Waals surface area contributed by atoms with Crippen molar-refractivity contribution in [2.45, 2.75) is 19.3 Å². The summed E-state index contributed by atoms with van der Waals surface area (Å²) in [5.41, 5.74) is 0.721. The molecule has 0 aliphatic heterocycles. The van der Waals surface area contributed by atoms with Gasteiger partial charge in [0.15, 0.2) is 0 Å². The molecule has 0 saturated heterocycles. The van der Waals surface area contributed by atoms with Crippen LogP contribution in [0.15, 0.2) is 28.7 Å². The number of anilines is 1. The highest BCUT2D eigenvalue weighted by Gasteiger charge is 2.30. The molecule has 3 nitrogen and oxygen atoms in total. The van der Waals surface area contributed by atoms with E-state index in [1.54, 1.807) is 0 Å². The maximum atomic E-state index is 11.8. The Morgan fingerprint density at radius 2 is 2.25 bits per heavy atom. The smallest absolute Gasteiger partial charge is 0.234 e. The largest absolute Gasteiger partial charge is 0.325 e. The van der Waals surface area contributed by atoms with Crippen molar-refractivity contribution in [1.82, 2.24) is 0 Å². The van der Waals surface area contributed by atoms with Crippen molar-refractivity contribution in [2.75, 3.05) is 5.32 Å². The van der Waals surface area contributed by atoms with Gasteiger partial charge in [-0.15, -0.1) is 0 Å². The van der Waals surface area contributed by atoms with Gasteiger partial charge in [-0.25, -0.2) is 0 Å². The Hall–Kier alpha value is -1.16. The molecule has 0 heterocycles. The molecular formula is C12H12BrNO2. The third kappa shape index (κ3) is 2.50. The monoisotopic (exact) mass is 281 g/mol. The number of rotatable bonds is 2. The molecule has 1 unspecified atom stereocenters. The van der Waals surface area contributed by atoms with E-state index >= 15 is 0 Å². The van der Waals surface area contributed by atoms with Gasteiger partial charge >= 0.3 is 0 Å². The van der Waals surface area contributed by atoms with E-state index in [4.69, 9.17) is 0 Å². The first-order chi connectivity index (χ1) is 7.66. The summed E-state index contributed by atoms with van der Waals surface area (Å²) in [4.78, 5) is 23.2. The van der Waals surface area contributed by atoms with Crippen molar-refractivity contribution in [3.63, 3.8) is 0 Å². The Balaban J connectivity index is 2.04. The van der Waals surface area contributed by atoms with Gasteiger partial charge in [0.05, 0.1) is 5.92 Å². The van der Waals surface area contributed by atoms with Gasteiger partial charge in [-0.1, -0.05) is 22.0 Å². The van der Waals surface area contributed by atoms with Gasteiger partial charge in [-0.2, -0.15) is 0 Å². The maximum Gasteiger partial charge on any atom is 0.234 e. The van der Waals surface area contributed by atoms with Crippen LogP contribution in [0.5, 0.6) is 0 Å². The number of nitrogens with one attached hydrogen (secondary N) is 1. The number of hydrogen-bond acceptors (Lipinski definition) is 2. The first kappa shape index (κ1) is 11.3. The maximum absolute atomic E-state index is 11.8. The van der Waals surface area contributed by atoms with E-state index in [0.717, 1.165) is 16.6 Å². The van der Waals surface area contributed by atoms with E-state index in [-0.39, 0.29) is 11.7 Å². The highest BCUT2D eigenvalue weighted by molar-refractivity contribution is 9.10. The van der Waals surface area contributed by atoms with Crippen molar-refractivity contribution in [3.8, 4) is 0 Å². The van der Waals surface area contributed by atoms with Crippen LogP contribution >= 0.6 is 15.9 Å². The van der Waals surface area contributed by atoms with Crippen molar-refractivity contribution in [1.29, 1.82) is 0 Å². The molecule has 1 atom stereocenters. The summed E-state index contributed by atoms with van der Waals surface area (Å²) >= 11 is 3.33. The van der Waals surface area contributed by atoms with Crippen LogP contribution in [-0.2, 0) is 9.59 Å². The van der Waals surface area contributed by atoms with E-state index in [1.165, 1.54) is 0 Å². The summed E-state index contributed by atoms with van der Waals surface area (Å²) in [5, 5.41) is 2.77. The van der Waals surface area contributed by atoms with Crippen LogP contribution in [0.3, 0.4) is 0 Å². The topological polar surface area (TPSA) is 46.2 Å². The highest BCUT2D eigenvalue weighted by atomic mass is 79.9. The predicted molar refractivity (Wildman–Crippen MR) is 65.1 cm³/mol. The van der Waals surface area contributed by atoms with Gasteiger partial charge in [0, 0.05) is 16.6 Å². The van der Waals surface area contributed by atoms with Crippen molar-refractivity contribution in [2.24, 2.45) is 5.92 Å². The number of hydrogen-bond donors (Lipinski definition) is 1. The van der Waals surface area contributed by atoms with Gasteiger partial charge < -0.3 is 5.32 Å². The third-order valence-electron chi connectivity index (χ3n) is 2.71. The fourth-order valence-electron chi connectivity index (χ4n) is 1.89. The van der Waals surface area contributed by atoms with Crippen molar-refractivity contribution in [3.05, 3.63) is 28.7 Å². The number of ketones is 1. The van der Waals surface area contributed by atoms with Gasteiger partial charge in [0.2, 0.25) is 5.91 Å². The van der Waals surface area contributed by atoms with E-state index < -0.39 is 5.92 Å². The number of benzene rings is 1. The summed E-state index contributed by atoms with van der Waals surface area (Å²) in [6.07, 6.45) is 2.05. The minimum atomic E-state index is -0.445. The summed E-state index contributed by atoms with van der Waals surface area (Å²) < 4.78 is 0.906. The molecule has 1 fully saturated rings. The van der Waals surface area contributed by atoms with E-state index in [1.807, 2.05) is 24.3 Å². The third-order valence-corrected chi connectivity index (χ3v) is 3.21. The van der Waals surface area contributed by atoms with Gasteiger partial charge in [-0.3, -0.25) is 9.59 Å². The average Bonchev–Trinajstić information content (AvgIpc) is 2.64. The van der Waals surface area contributed by atoms with E-state index in [9.17, 15) is 9.59 Å². The second-order valence-corrected chi connectivity index (χ2v) is 4.83. The lowest BCUT2D eigenvalue weighted by Gasteiger charge is -2.09. The molecule has 1 aliphatic carbocycles. The summed E-state index contributed by atoms with van der Waals surface area (Å²) in [7, 11) is 0. The normalized spacial score (nSPS) is 19.8. The molecule has 1 saturated carbocycles. The van der Waals surface area contributed by atoms with Crippen LogP contribution in [0, 0.1) is 5.92 Å². The van der Waals surface area contributed by atoms with Gasteiger partial charge in [0.1, 0.15) is 5.78 Å². The molecular weight excluding hydrogens is 270 g/mol. The number of amides is 1. The van der Waals surface area contributed by atoms with Gasteiger partial charge in [0.25, 0.3) is 0 Å². The van der Waals surface area contributed by atoms with Crippen molar-refractivity contribution >= 4 is 33.3 Å². The van der Waals surface area contributed by atoms with Crippen LogP contribution in [0.25, 0.3) is 0 Å². The van der Waals surface area contributed by atoms with E-state index in [2.05, 4.69) is 21.2 Å². The second-order valence-electron chi connectivity index (χ2n) is 3.91. The zero-order valence-corrected chi connectivity index (χ0v) is 10.3. The van der Waals surface area contributed by atoms with Crippen LogP contribution in [0.4, 0.5) is 5.69 Å². The zero-order valence-electron chi connectivity index (χ0n) is 8.70. The molecule has 4 heteroatoms. The number of Topliss-reactive ketones (excluding diaryl/α,β-unsaturated/α-hetero) is 1. The minimum Gasteiger partial charge on any atom is -0.325 e.